The molecular formula is C24H21NO3S. The third kappa shape index (κ3) is 4.00. The van der Waals surface area contributed by atoms with Gasteiger partial charge in [-0.15, -0.1) is 0 Å². The van der Waals surface area contributed by atoms with Crippen molar-refractivity contribution in [1.29, 1.82) is 0 Å². The summed E-state index contributed by atoms with van der Waals surface area (Å²) in [7, 11) is -3.89. The van der Waals surface area contributed by atoms with Crippen molar-refractivity contribution in [2.24, 2.45) is 0 Å². The van der Waals surface area contributed by atoms with E-state index in [4.69, 9.17) is 4.18 Å². The standard InChI is InChI=1S/C24H21NO3S/c1-17(2)20-14-19-9-7-13-25-24(19)23(16-20)18-8-6-10-21(15-18)28-29(26,27)22-11-4-3-5-12-22/h3-17H,1-2H3. The van der Waals surface area contributed by atoms with Gasteiger partial charge >= 0.3 is 10.1 Å². The van der Waals surface area contributed by atoms with Crippen molar-refractivity contribution in [1.82, 2.24) is 4.98 Å². The van der Waals surface area contributed by atoms with E-state index < -0.39 is 10.1 Å². The number of hydrogen-bond donors (Lipinski definition) is 0. The zero-order valence-corrected chi connectivity index (χ0v) is 17.1. The molecule has 146 valence electrons. The van der Waals surface area contributed by atoms with E-state index in [-0.39, 0.29) is 10.6 Å². The van der Waals surface area contributed by atoms with Crippen LogP contribution >= 0.6 is 0 Å². The zero-order valence-electron chi connectivity index (χ0n) is 16.2. The van der Waals surface area contributed by atoms with Crippen LogP contribution in [0.25, 0.3) is 22.0 Å². The molecular weight excluding hydrogens is 382 g/mol. The lowest BCUT2D eigenvalue weighted by Crippen LogP contribution is -2.09. The highest BCUT2D eigenvalue weighted by Gasteiger charge is 2.17. The first-order chi connectivity index (χ1) is 13.9. The smallest absolute Gasteiger partial charge is 0.339 e. The second-order valence-electron chi connectivity index (χ2n) is 7.18. The van der Waals surface area contributed by atoms with Crippen molar-refractivity contribution in [3.05, 3.63) is 90.6 Å². The summed E-state index contributed by atoms with van der Waals surface area (Å²) in [6.07, 6.45) is 1.76. The Hall–Kier alpha value is -3.18. The Labute approximate surface area is 170 Å². The molecule has 29 heavy (non-hydrogen) atoms. The van der Waals surface area contributed by atoms with Crippen LogP contribution in [0.1, 0.15) is 25.3 Å². The minimum absolute atomic E-state index is 0.124. The minimum Gasteiger partial charge on any atom is -0.379 e. The fourth-order valence-corrected chi connectivity index (χ4v) is 4.19. The van der Waals surface area contributed by atoms with Gasteiger partial charge in [0.15, 0.2) is 0 Å². The number of hydrogen-bond acceptors (Lipinski definition) is 4. The predicted octanol–water partition coefficient (Wildman–Crippen LogP) is 5.79. The summed E-state index contributed by atoms with van der Waals surface area (Å²) in [5, 5.41) is 1.05. The van der Waals surface area contributed by atoms with Crippen molar-refractivity contribution in [3.8, 4) is 16.9 Å². The average Bonchev–Trinajstić information content (AvgIpc) is 2.73. The van der Waals surface area contributed by atoms with E-state index in [9.17, 15) is 8.42 Å². The van der Waals surface area contributed by atoms with E-state index in [1.807, 2.05) is 18.2 Å². The summed E-state index contributed by atoms with van der Waals surface area (Å²) in [5.74, 6) is 0.627. The maximum atomic E-state index is 12.6. The van der Waals surface area contributed by atoms with Crippen LogP contribution in [0.15, 0.2) is 90.0 Å². The molecule has 0 spiro atoms. The molecule has 0 aliphatic rings. The first-order valence-electron chi connectivity index (χ1n) is 9.43. The summed E-state index contributed by atoms with van der Waals surface area (Å²) in [4.78, 5) is 4.68. The van der Waals surface area contributed by atoms with Crippen molar-refractivity contribution < 1.29 is 12.6 Å². The lowest BCUT2D eigenvalue weighted by Gasteiger charge is -2.13. The molecule has 0 amide bonds. The molecule has 0 unspecified atom stereocenters. The van der Waals surface area contributed by atoms with Crippen LogP contribution in [0.4, 0.5) is 0 Å². The molecule has 4 rings (SSSR count). The van der Waals surface area contributed by atoms with Gasteiger partial charge in [0.2, 0.25) is 0 Å². The molecule has 0 aliphatic carbocycles. The van der Waals surface area contributed by atoms with E-state index in [2.05, 4.69) is 31.0 Å². The normalized spacial score (nSPS) is 11.7. The first-order valence-corrected chi connectivity index (χ1v) is 10.8. The van der Waals surface area contributed by atoms with E-state index in [0.717, 1.165) is 22.0 Å². The second-order valence-corrected chi connectivity index (χ2v) is 8.72. The van der Waals surface area contributed by atoms with Gasteiger partial charge in [-0.2, -0.15) is 8.42 Å². The van der Waals surface area contributed by atoms with Gasteiger partial charge in [0, 0.05) is 17.1 Å². The Morgan fingerprint density at radius 2 is 1.66 bits per heavy atom. The average molecular weight is 404 g/mol. The van der Waals surface area contributed by atoms with Gasteiger partial charge in [0.25, 0.3) is 0 Å². The van der Waals surface area contributed by atoms with Crippen molar-refractivity contribution in [3.63, 3.8) is 0 Å². The Bertz CT molecular complexity index is 1270. The summed E-state index contributed by atoms with van der Waals surface area (Å²) < 4.78 is 30.5. The van der Waals surface area contributed by atoms with Crippen LogP contribution < -0.4 is 4.18 Å². The molecule has 0 aliphatic heterocycles. The minimum atomic E-state index is -3.89. The van der Waals surface area contributed by atoms with Crippen LogP contribution in [0.5, 0.6) is 5.75 Å². The number of rotatable bonds is 5. The molecule has 0 saturated heterocycles. The molecule has 5 heteroatoms. The molecule has 0 atom stereocenters. The molecule has 4 aromatic rings. The maximum Gasteiger partial charge on any atom is 0.339 e. The van der Waals surface area contributed by atoms with Gasteiger partial charge in [-0.25, -0.2) is 0 Å². The summed E-state index contributed by atoms with van der Waals surface area (Å²) in [6.45, 7) is 4.29. The van der Waals surface area contributed by atoms with Gasteiger partial charge in [-0.05, 0) is 59.5 Å². The summed E-state index contributed by atoms with van der Waals surface area (Å²) >= 11 is 0. The van der Waals surface area contributed by atoms with Gasteiger partial charge in [0.1, 0.15) is 10.6 Å². The fourth-order valence-electron chi connectivity index (χ4n) is 3.25. The van der Waals surface area contributed by atoms with E-state index in [1.54, 1.807) is 42.6 Å². The second kappa shape index (κ2) is 7.68. The van der Waals surface area contributed by atoms with Crippen LogP contribution in [0, 0.1) is 0 Å². The highest BCUT2D eigenvalue weighted by atomic mass is 32.2. The first kappa shape index (κ1) is 19.2. The van der Waals surface area contributed by atoms with Crippen LogP contribution in [-0.2, 0) is 10.1 Å². The van der Waals surface area contributed by atoms with Gasteiger partial charge in [-0.1, -0.05) is 50.2 Å². The topological polar surface area (TPSA) is 56.3 Å². The lowest BCUT2D eigenvalue weighted by molar-refractivity contribution is 0.486. The SMILES string of the molecule is CC(C)c1cc(-c2cccc(OS(=O)(=O)c3ccccc3)c2)c2ncccc2c1. The number of fused-ring (bicyclic) bond motifs is 1. The van der Waals surface area contributed by atoms with Gasteiger partial charge in [-0.3, -0.25) is 4.98 Å². The lowest BCUT2D eigenvalue weighted by atomic mass is 9.94. The molecule has 0 bridgehead atoms. The van der Waals surface area contributed by atoms with Crippen LogP contribution in [-0.4, -0.2) is 13.4 Å². The zero-order chi connectivity index (χ0) is 20.4. The van der Waals surface area contributed by atoms with E-state index in [1.165, 1.54) is 17.7 Å². The molecule has 1 heterocycles. The maximum absolute atomic E-state index is 12.6. The molecule has 0 radical (unpaired) electrons. The van der Waals surface area contributed by atoms with Crippen LogP contribution in [0.3, 0.4) is 0 Å². The third-order valence-corrected chi connectivity index (χ3v) is 6.04. The summed E-state index contributed by atoms with van der Waals surface area (Å²) in [5.41, 5.74) is 3.88. The quantitative estimate of drug-likeness (QED) is 0.396. The van der Waals surface area contributed by atoms with Crippen LogP contribution in [0.2, 0.25) is 0 Å². The highest BCUT2D eigenvalue weighted by molar-refractivity contribution is 7.87. The summed E-state index contributed by atoms with van der Waals surface area (Å²) in [6, 6.07) is 23.5. The number of pyridine rings is 1. The Morgan fingerprint density at radius 3 is 2.41 bits per heavy atom. The third-order valence-electron chi connectivity index (χ3n) is 4.78. The molecule has 4 nitrogen and oxygen atoms in total. The molecule has 0 saturated carbocycles. The Morgan fingerprint density at radius 1 is 0.862 bits per heavy atom. The molecule has 1 aromatic heterocycles. The van der Waals surface area contributed by atoms with E-state index >= 15 is 0 Å². The monoisotopic (exact) mass is 403 g/mol. The molecule has 0 N–H and O–H groups in total. The fraction of sp³-hybridized carbons (Fsp3) is 0.125. The van der Waals surface area contributed by atoms with Gasteiger partial charge < -0.3 is 4.18 Å². The highest BCUT2D eigenvalue weighted by Crippen LogP contribution is 2.33. The predicted molar refractivity (Wildman–Crippen MR) is 116 cm³/mol. The Balaban J connectivity index is 1.79. The van der Waals surface area contributed by atoms with Crippen molar-refractivity contribution >= 4 is 21.0 Å². The number of aromatic nitrogens is 1. The van der Waals surface area contributed by atoms with Crippen molar-refractivity contribution in [2.75, 3.05) is 0 Å². The number of nitrogens with zero attached hydrogens (tertiary/aromatic N) is 1. The molecule has 0 fully saturated rings. The Kier molecular flexibility index (Phi) is 5.07. The molecule has 3 aromatic carbocycles. The number of benzene rings is 3. The van der Waals surface area contributed by atoms with Gasteiger partial charge in [0.05, 0.1) is 5.52 Å². The van der Waals surface area contributed by atoms with E-state index in [0.29, 0.717) is 5.92 Å². The largest absolute Gasteiger partial charge is 0.379 e. The van der Waals surface area contributed by atoms with Crippen molar-refractivity contribution in [2.45, 2.75) is 24.7 Å².